The molecule has 0 saturated carbocycles. The molecule has 94 valence electrons. The second-order valence-electron chi connectivity index (χ2n) is 4.19. The normalized spacial score (nSPS) is 11.1. The van der Waals surface area contributed by atoms with Crippen LogP contribution in [0.15, 0.2) is 12.3 Å². The van der Waals surface area contributed by atoms with Crippen LogP contribution in [0.1, 0.15) is 44.3 Å². The third-order valence-corrected chi connectivity index (χ3v) is 2.45. The van der Waals surface area contributed by atoms with Crippen molar-refractivity contribution < 1.29 is 19.8 Å². The van der Waals surface area contributed by atoms with Gasteiger partial charge in [-0.1, -0.05) is 0 Å². The van der Waals surface area contributed by atoms with Gasteiger partial charge in [0.15, 0.2) is 0 Å². The lowest BCUT2D eigenvalue weighted by atomic mass is 9.97. The Balaban J connectivity index is 2.98. The van der Waals surface area contributed by atoms with Gasteiger partial charge in [-0.3, -0.25) is 14.3 Å². The van der Waals surface area contributed by atoms with Crippen LogP contribution < -0.4 is 0 Å². The first-order valence-electron chi connectivity index (χ1n) is 5.38. The van der Waals surface area contributed by atoms with Gasteiger partial charge in [0, 0.05) is 23.9 Å². The van der Waals surface area contributed by atoms with Gasteiger partial charge in [0.2, 0.25) is 0 Å². The molecule has 0 bridgehead atoms. The third-order valence-electron chi connectivity index (χ3n) is 2.45. The molecule has 0 atom stereocenters. The second kappa shape index (κ2) is 5.47. The minimum Gasteiger partial charge on any atom is -0.481 e. The summed E-state index contributed by atoms with van der Waals surface area (Å²) in [4.78, 5) is 21.5. The molecule has 1 heterocycles. The van der Waals surface area contributed by atoms with Crippen molar-refractivity contribution in [2.24, 2.45) is 0 Å². The molecule has 0 saturated heterocycles. The largest absolute Gasteiger partial charge is 0.481 e. The first kappa shape index (κ1) is 13.2. The zero-order valence-corrected chi connectivity index (χ0v) is 9.83. The highest BCUT2D eigenvalue weighted by atomic mass is 16.4. The van der Waals surface area contributed by atoms with Gasteiger partial charge >= 0.3 is 11.9 Å². The predicted molar refractivity (Wildman–Crippen MR) is 59.9 cm³/mol. The number of hydrogen-bond donors (Lipinski definition) is 2. The Morgan fingerprint density at radius 1 is 1.29 bits per heavy atom. The summed E-state index contributed by atoms with van der Waals surface area (Å²) in [5.41, 5.74) is 0.657. The summed E-state index contributed by atoms with van der Waals surface area (Å²) in [5, 5.41) is 21.7. The van der Waals surface area contributed by atoms with E-state index in [9.17, 15) is 9.59 Å². The van der Waals surface area contributed by atoms with E-state index < -0.39 is 17.9 Å². The average Bonchev–Trinajstić information content (AvgIpc) is 2.62. The smallest absolute Gasteiger partial charge is 0.304 e. The molecule has 0 spiro atoms. The maximum absolute atomic E-state index is 10.7. The number of aliphatic carboxylic acids is 2. The van der Waals surface area contributed by atoms with Crippen molar-refractivity contribution in [3.63, 3.8) is 0 Å². The van der Waals surface area contributed by atoms with E-state index >= 15 is 0 Å². The van der Waals surface area contributed by atoms with Crippen LogP contribution in [0.4, 0.5) is 0 Å². The first-order chi connectivity index (χ1) is 7.91. The standard InChI is InChI=1S/C11H16N2O4/c1-7(2)13-9(3-4-12-13)8(5-10(14)15)6-11(16)17/h3-4,7-8H,5-6H2,1-2H3,(H,14,15)(H,16,17). The van der Waals surface area contributed by atoms with E-state index in [4.69, 9.17) is 10.2 Å². The quantitative estimate of drug-likeness (QED) is 0.786. The number of carboxylic acid groups (broad SMARTS) is 2. The fraction of sp³-hybridized carbons (Fsp3) is 0.545. The summed E-state index contributed by atoms with van der Waals surface area (Å²) in [7, 11) is 0. The lowest BCUT2D eigenvalue weighted by Crippen LogP contribution is -2.17. The van der Waals surface area contributed by atoms with Crippen molar-refractivity contribution in [3.8, 4) is 0 Å². The highest BCUT2D eigenvalue weighted by molar-refractivity contribution is 5.72. The van der Waals surface area contributed by atoms with Crippen molar-refractivity contribution in [1.82, 2.24) is 9.78 Å². The molecule has 6 heteroatoms. The number of hydrogen-bond acceptors (Lipinski definition) is 3. The van der Waals surface area contributed by atoms with E-state index in [1.165, 1.54) is 0 Å². The molecule has 0 amide bonds. The minimum atomic E-state index is -1.01. The van der Waals surface area contributed by atoms with Crippen molar-refractivity contribution in [2.75, 3.05) is 0 Å². The number of aromatic nitrogens is 2. The molecule has 1 aromatic rings. The van der Waals surface area contributed by atoms with Crippen LogP contribution in [0.3, 0.4) is 0 Å². The average molecular weight is 240 g/mol. The van der Waals surface area contributed by atoms with E-state index in [2.05, 4.69) is 5.10 Å². The van der Waals surface area contributed by atoms with Crippen LogP contribution >= 0.6 is 0 Å². The Hall–Kier alpha value is -1.85. The van der Waals surface area contributed by atoms with Gasteiger partial charge in [-0.25, -0.2) is 0 Å². The van der Waals surface area contributed by atoms with Crippen molar-refractivity contribution in [2.45, 2.75) is 38.6 Å². The monoisotopic (exact) mass is 240 g/mol. The minimum absolute atomic E-state index is 0.0742. The molecule has 0 aromatic carbocycles. The summed E-state index contributed by atoms with van der Waals surface area (Å²) in [6.07, 6.45) is 1.15. The van der Waals surface area contributed by atoms with Gasteiger partial charge in [-0.05, 0) is 19.9 Å². The van der Waals surface area contributed by atoms with E-state index in [-0.39, 0.29) is 18.9 Å². The molecule has 0 fully saturated rings. The van der Waals surface area contributed by atoms with Crippen molar-refractivity contribution >= 4 is 11.9 Å². The molecule has 2 N–H and O–H groups in total. The lowest BCUT2D eigenvalue weighted by molar-refractivity contribution is -0.139. The van der Waals surface area contributed by atoms with Gasteiger partial charge in [0.1, 0.15) is 0 Å². The fourth-order valence-corrected chi connectivity index (χ4v) is 1.78. The fourth-order valence-electron chi connectivity index (χ4n) is 1.78. The maximum atomic E-state index is 10.7. The Labute approximate surface area is 98.9 Å². The Bertz CT molecular complexity index is 395. The molecule has 0 aliphatic rings. The summed E-state index contributed by atoms with van der Waals surface area (Å²) < 4.78 is 1.66. The molecular formula is C11H16N2O4. The van der Waals surface area contributed by atoms with Gasteiger partial charge < -0.3 is 10.2 Å². The summed E-state index contributed by atoms with van der Waals surface area (Å²) in [5.74, 6) is -2.56. The van der Waals surface area contributed by atoms with E-state index in [1.54, 1.807) is 16.9 Å². The van der Waals surface area contributed by atoms with Gasteiger partial charge in [0.05, 0.1) is 12.8 Å². The second-order valence-corrected chi connectivity index (χ2v) is 4.19. The van der Waals surface area contributed by atoms with E-state index in [0.29, 0.717) is 5.69 Å². The number of nitrogens with zero attached hydrogens (tertiary/aromatic N) is 2. The number of rotatable bonds is 6. The third kappa shape index (κ3) is 3.58. The number of carboxylic acids is 2. The maximum Gasteiger partial charge on any atom is 0.304 e. The molecule has 1 rings (SSSR count). The molecule has 6 nitrogen and oxygen atoms in total. The predicted octanol–water partition coefficient (Wildman–Crippen LogP) is 1.50. The Morgan fingerprint density at radius 3 is 2.24 bits per heavy atom. The molecule has 17 heavy (non-hydrogen) atoms. The summed E-state index contributed by atoms with van der Waals surface area (Å²) in [6.45, 7) is 3.82. The topological polar surface area (TPSA) is 92.4 Å². The zero-order chi connectivity index (χ0) is 13.0. The van der Waals surface area contributed by atoms with Gasteiger partial charge in [-0.15, -0.1) is 0 Å². The van der Waals surface area contributed by atoms with E-state index in [1.807, 2.05) is 13.8 Å². The molecule has 0 unspecified atom stereocenters. The van der Waals surface area contributed by atoms with Crippen LogP contribution in [-0.2, 0) is 9.59 Å². The Kier molecular flexibility index (Phi) is 4.25. The van der Waals surface area contributed by atoms with Crippen LogP contribution in [0.25, 0.3) is 0 Å². The molecular weight excluding hydrogens is 224 g/mol. The SMILES string of the molecule is CC(C)n1nccc1C(CC(=O)O)CC(=O)O. The van der Waals surface area contributed by atoms with Crippen molar-refractivity contribution in [1.29, 1.82) is 0 Å². The zero-order valence-electron chi connectivity index (χ0n) is 9.83. The van der Waals surface area contributed by atoms with Crippen LogP contribution in [0.2, 0.25) is 0 Å². The molecule has 0 aliphatic carbocycles. The highest BCUT2D eigenvalue weighted by Crippen LogP contribution is 2.25. The molecule has 1 aromatic heterocycles. The van der Waals surface area contributed by atoms with E-state index in [0.717, 1.165) is 0 Å². The van der Waals surface area contributed by atoms with Gasteiger partial charge in [0.25, 0.3) is 0 Å². The number of carbonyl (C=O) groups is 2. The lowest BCUT2D eigenvalue weighted by Gasteiger charge is -2.17. The molecule has 0 aliphatic heterocycles. The molecule has 0 radical (unpaired) electrons. The summed E-state index contributed by atoms with van der Waals surface area (Å²) >= 11 is 0. The van der Waals surface area contributed by atoms with Crippen molar-refractivity contribution in [3.05, 3.63) is 18.0 Å². The van der Waals surface area contributed by atoms with Crippen LogP contribution in [0, 0.1) is 0 Å². The highest BCUT2D eigenvalue weighted by Gasteiger charge is 2.23. The van der Waals surface area contributed by atoms with Gasteiger partial charge in [-0.2, -0.15) is 5.10 Å². The van der Waals surface area contributed by atoms with Crippen LogP contribution in [0.5, 0.6) is 0 Å². The van der Waals surface area contributed by atoms with Crippen LogP contribution in [-0.4, -0.2) is 31.9 Å². The first-order valence-corrected chi connectivity index (χ1v) is 5.38. The summed E-state index contributed by atoms with van der Waals surface area (Å²) in [6, 6.07) is 1.75. The Morgan fingerprint density at radius 2 is 1.82 bits per heavy atom.